The van der Waals surface area contributed by atoms with Gasteiger partial charge in [-0.05, 0) is 48.7 Å². The summed E-state index contributed by atoms with van der Waals surface area (Å²) in [5, 5.41) is 3.56. The fourth-order valence-electron chi connectivity index (χ4n) is 6.39. The van der Waals surface area contributed by atoms with E-state index in [4.69, 9.17) is 4.74 Å². The van der Waals surface area contributed by atoms with E-state index in [2.05, 4.69) is 70.9 Å². The van der Waals surface area contributed by atoms with Crippen molar-refractivity contribution in [2.75, 3.05) is 51.3 Å². The fourth-order valence-corrected chi connectivity index (χ4v) is 6.39. The predicted molar refractivity (Wildman–Crippen MR) is 174 cm³/mol. The van der Waals surface area contributed by atoms with E-state index in [1.165, 1.54) is 11.1 Å². The van der Waals surface area contributed by atoms with Crippen molar-refractivity contribution < 1.29 is 14.3 Å². The SMILES string of the molecule is CCOCCCN1C(=O)c2ccccc2C1Nc1cccc(C(=O)N2CCN(C(c3ccccc3)c3ccccc3)CC2)c1. The third-order valence-electron chi connectivity index (χ3n) is 8.56. The minimum absolute atomic E-state index is 0.0176. The number of piperazine rings is 1. The molecule has 2 amide bonds. The summed E-state index contributed by atoms with van der Waals surface area (Å²) in [7, 11) is 0. The van der Waals surface area contributed by atoms with Crippen LogP contribution in [0.15, 0.2) is 109 Å². The first-order valence-electron chi connectivity index (χ1n) is 15.6. The van der Waals surface area contributed by atoms with Gasteiger partial charge in [-0.25, -0.2) is 0 Å². The highest BCUT2D eigenvalue weighted by Crippen LogP contribution is 2.35. The Balaban J connectivity index is 1.14. The Morgan fingerprint density at radius 1 is 0.841 bits per heavy atom. The Bertz CT molecular complexity index is 1510. The Morgan fingerprint density at radius 2 is 1.50 bits per heavy atom. The molecule has 44 heavy (non-hydrogen) atoms. The smallest absolute Gasteiger partial charge is 0.256 e. The van der Waals surface area contributed by atoms with Crippen LogP contribution in [-0.2, 0) is 4.74 Å². The monoisotopic (exact) mass is 588 g/mol. The molecule has 1 saturated heterocycles. The molecule has 7 heteroatoms. The lowest BCUT2D eigenvalue weighted by molar-refractivity contribution is 0.0596. The van der Waals surface area contributed by atoms with Gasteiger partial charge in [0.15, 0.2) is 0 Å². The first-order chi connectivity index (χ1) is 21.6. The number of benzene rings is 4. The summed E-state index contributed by atoms with van der Waals surface area (Å²) < 4.78 is 5.52. The third kappa shape index (κ3) is 6.39. The summed E-state index contributed by atoms with van der Waals surface area (Å²) >= 11 is 0. The van der Waals surface area contributed by atoms with Crippen molar-refractivity contribution in [3.05, 3.63) is 137 Å². The highest BCUT2D eigenvalue weighted by molar-refractivity contribution is 5.99. The molecule has 1 fully saturated rings. The zero-order chi connectivity index (χ0) is 30.3. The van der Waals surface area contributed by atoms with Crippen LogP contribution >= 0.6 is 0 Å². The Morgan fingerprint density at radius 3 is 2.18 bits per heavy atom. The van der Waals surface area contributed by atoms with Crippen molar-refractivity contribution in [1.29, 1.82) is 0 Å². The average Bonchev–Trinajstić information content (AvgIpc) is 3.34. The number of carbonyl (C=O) groups is 2. The summed E-state index contributed by atoms with van der Waals surface area (Å²) in [5.74, 6) is 0.0461. The maximum absolute atomic E-state index is 13.7. The van der Waals surface area contributed by atoms with Crippen molar-refractivity contribution in [3.63, 3.8) is 0 Å². The molecule has 1 N–H and O–H groups in total. The molecular weight excluding hydrogens is 548 g/mol. The summed E-state index contributed by atoms with van der Waals surface area (Å²) in [6.45, 7) is 6.72. The van der Waals surface area contributed by atoms with Crippen LogP contribution in [0.25, 0.3) is 0 Å². The lowest BCUT2D eigenvalue weighted by atomic mass is 9.96. The molecule has 2 aliphatic rings. The van der Waals surface area contributed by atoms with Crippen LogP contribution in [0.4, 0.5) is 5.69 Å². The number of nitrogens with one attached hydrogen (secondary N) is 1. The zero-order valence-corrected chi connectivity index (χ0v) is 25.3. The molecule has 2 aliphatic heterocycles. The van der Waals surface area contributed by atoms with E-state index in [0.29, 0.717) is 38.4 Å². The van der Waals surface area contributed by atoms with E-state index < -0.39 is 0 Å². The van der Waals surface area contributed by atoms with Crippen molar-refractivity contribution in [3.8, 4) is 0 Å². The van der Waals surface area contributed by atoms with Crippen molar-refractivity contribution >= 4 is 17.5 Å². The number of hydrogen-bond donors (Lipinski definition) is 1. The van der Waals surface area contributed by atoms with Crippen LogP contribution in [0.3, 0.4) is 0 Å². The second-order valence-corrected chi connectivity index (χ2v) is 11.3. The van der Waals surface area contributed by atoms with Gasteiger partial charge in [-0.2, -0.15) is 0 Å². The van der Waals surface area contributed by atoms with Gasteiger partial charge in [-0.3, -0.25) is 14.5 Å². The number of amides is 2. The molecule has 6 rings (SSSR count). The van der Waals surface area contributed by atoms with Gasteiger partial charge in [0.25, 0.3) is 11.8 Å². The maximum atomic E-state index is 13.7. The number of ether oxygens (including phenoxy) is 1. The molecule has 0 aliphatic carbocycles. The largest absolute Gasteiger partial charge is 0.382 e. The zero-order valence-electron chi connectivity index (χ0n) is 25.3. The van der Waals surface area contributed by atoms with Crippen molar-refractivity contribution in [2.24, 2.45) is 0 Å². The minimum atomic E-state index is -0.304. The molecule has 0 radical (unpaired) electrons. The van der Waals surface area contributed by atoms with Crippen LogP contribution in [0.2, 0.25) is 0 Å². The molecule has 226 valence electrons. The van der Waals surface area contributed by atoms with Gasteiger partial charge in [0, 0.05) is 68.3 Å². The Hall–Kier alpha value is -4.46. The predicted octanol–water partition coefficient (Wildman–Crippen LogP) is 6.23. The Labute approximate surface area is 260 Å². The highest BCUT2D eigenvalue weighted by atomic mass is 16.5. The maximum Gasteiger partial charge on any atom is 0.256 e. The Kier molecular flexibility index (Phi) is 9.34. The van der Waals surface area contributed by atoms with E-state index in [-0.39, 0.29) is 24.0 Å². The number of carbonyl (C=O) groups excluding carboxylic acids is 2. The summed E-state index contributed by atoms with van der Waals surface area (Å²) in [5.41, 5.74) is 5.65. The summed E-state index contributed by atoms with van der Waals surface area (Å²) in [6, 6.07) is 36.8. The van der Waals surface area contributed by atoms with Crippen LogP contribution < -0.4 is 5.32 Å². The molecule has 2 heterocycles. The molecule has 0 spiro atoms. The van der Waals surface area contributed by atoms with Crippen LogP contribution in [0, 0.1) is 0 Å². The minimum Gasteiger partial charge on any atom is -0.382 e. The van der Waals surface area contributed by atoms with Gasteiger partial charge in [-0.1, -0.05) is 84.9 Å². The molecule has 1 atom stereocenters. The average molecular weight is 589 g/mol. The number of fused-ring (bicyclic) bond motifs is 1. The second-order valence-electron chi connectivity index (χ2n) is 11.3. The topological polar surface area (TPSA) is 65.1 Å². The molecule has 0 aromatic heterocycles. The molecule has 0 bridgehead atoms. The van der Waals surface area contributed by atoms with Gasteiger partial charge in [-0.15, -0.1) is 0 Å². The molecule has 4 aromatic rings. The van der Waals surface area contributed by atoms with Crippen molar-refractivity contribution in [2.45, 2.75) is 25.6 Å². The number of hydrogen-bond acceptors (Lipinski definition) is 5. The third-order valence-corrected chi connectivity index (χ3v) is 8.56. The van der Waals surface area contributed by atoms with Crippen LogP contribution in [-0.4, -0.2) is 72.5 Å². The number of rotatable bonds is 11. The molecule has 4 aromatic carbocycles. The molecule has 0 saturated carbocycles. The summed E-state index contributed by atoms with van der Waals surface area (Å²) in [6.07, 6.45) is 0.452. The first kappa shape index (κ1) is 29.6. The van der Waals surface area contributed by atoms with E-state index in [9.17, 15) is 9.59 Å². The summed E-state index contributed by atoms with van der Waals surface area (Å²) in [4.78, 5) is 33.3. The van der Waals surface area contributed by atoms with Crippen LogP contribution in [0.1, 0.15) is 63.0 Å². The normalized spacial score (nSPS) is 16.8. The first-order valence-corrected chi connectivity index (χ1v) is 15.6. The van der Waals surface area contributed by atoms with Gasteiger partial charge >= 0.3 is 0 Å². The number of anilines is 1. The van der Waals surface area contributed by atoms with Gasteiger partial charge in [0.1, 0.15) is 6.17 Å². The molecule has 7 nitrogen and oxygen atoms in total. The van der Waals surface area contributed by atoms with Gasteiger partial charge < -0.3 is 19.9 Å². The fraction of sp³-hybridized carbons (Fsp3) is 0.297. The lowest BCUT2D eigenvalue weighted by Gasteiger charge is -2.40. The van der Waals surface area contributed by atoms with Crippen LogP contribution in [0.5, 0.6) is 0 Å². The highest BCUT2D eigenvalue weighted by Gasteiger charge is 2.36. The number of nitrogens with zero attached hydrogens (tertiary/aromatic N) is 3. The van der Waals surface area contributed by atoms with Gasteiger partial charge in [0.2, 0.25) is 0 Å². The molecular formula is C37H40N4O3. The molecule has 1 unspecified atom stereocenters. The lowest BCUT2D eigenvalue weighted by Crippen LogP contribution is -2.49. The van der Waals surface area contributed by atoms with E-state index in [0.717, 1.165) is 36.3 Å². The second kappa shape index (κ2) is 13.9. The van der Waals surface area contributed by atoms with Crippen molar-refractivity contribution in [1.82, 2.24) is 14.7 Å². The van der Waals surface area contributed by atoms with E-state index in [1.54, 1.807) is 0 Å². The quantitative estimate of drug-likeness (QED) is 0.211. The van der Waals surface area contributed by atoms with E-state index >= 15 is 0 Å². The standard InChI is InChI=1S/C37H40N4O3/c1-2-44-26-12-21-41-35(32-19-9-10-20-33(32)37(41)43)38-31-18-11-17-30(27-31)36(42)40-24-22-39(23-25-40)34(28-13-5-3-6-14-28)29-15-7-4-8-16-29/h3-11,13-20,27,34-35,38H,2,12,21-26H2,1H3. The van der Waals surface area contributed by atoms with E-state index in [1.807, 2.05) is 65.3 Å². The van der Waals surface area contributed by atoms with Gasteiger partial charge in [0.05, 0.1) is 6.04 Å².